The van der Waals surface area contributed by atoms with Crippen LogP contribution in [-0.2, 0) is 0 Å². The maximum Gasteiger partial charge on any atom is 0.345 e. The number of ether oxygens (including phenoxy) is 2. The molecule has 0 radical (unpaired) electrons. The Morgan fingerprint density at radius 3 is 2.33 bits per heavy atom. The summed E-state index contributed by atoms with van der Waals surface area (Å²) in [5, 5.41) is 19.5. The molecule has 6 nitrogen and oxygen atoms in total. The van der Waals surface area contributed by atoms with E-state index in [1.165, 1.54) is 19.1 Å². The van der Waals surface area contributed by atoms with Crippen LogP contribution in [0.1, 0.15) is 54.1 Å². The number of benzene rings is 4. The quantitative estimate of drug-likeness (QED) is 0.0871. The van der Waals surface area contributed by atoms with Crippen LogP contribution in [0.15, 0.2) is 89.9 Å². The fourth-order valence-corrected chi connectivity index (χ4v) is 4.22. The molecule has 0 atom stereocenters. The van der Waals surface area contributed by atoms with E-state index < -0.39 is 5.97 Å². The Bertz CT molecular complexity index is 1520. The molecule has 202 valence electrons. The van der Waals surface area contributed by atoms with Gasteiger partial charge in [-0.15, -0.1) is 0 Å². The number of aliphatic imine (C=N–C) groups is 1. The van der Waals surface area contributed by atoms with Gasteiger partial charge < -0.3 is 14.6 Å². The van der Waals surface area contributed by atoms with Crippen molar-refractivity contribution in [2.24, 2.45) is 4.99 Å². The van der Waals surface area contributed by atoms with Gasteiger partial charge in [0, 0.05) is 17.8 Å². The van der Waals surface area contributed by atoms with E-state index in [4.69, 9.17) is 26.3 Å². The predicted octanol–water partition coefficient (Wildman–Crippen LogP) is 8.51. The Morgan fingerprint density at radius 2 is 1.65 bits per heavy atom. The zero-order valence-electron chi connectivity index (χ0n) is 22.1. The second-order valence-electron chi connectivity index (χ2n) is 9.13. The molecule has 0 bridgehead atoms. The maximum absolute atomic E-state index is 12.9. The molecular formula is C33H29ClN2O4. The molecule has 0 aliphatic carbocycles. The molecule has 4 aromatic rings. The first-order valence-corrected chi connectivity index (χ1v) is 13.5. The third kappa shape index (κ3) is 7.49. The lowest BCUT2D eigenvalue weighted by Gasteiger charge is -2.09. The molecule has 0 aliphatic rings. The van der Waals surface area contributed by atoms with E-state index >= 15 is 0 Å². The van der Waals surface area contributed by atoms with Gasteiger partial charge >= 0.3 is 5.97 Å². The van der Waals surface area contributed by atoms with Gasteiger partial charge in [-0.25, -0.2) is 4.79 Å². The number of phenolic OH excluding ortho intramolecular Hbond substituents is 1. The van der Waals surface area contributed by atoms with E-state index in [1.54, 1.807) is 60.7 Å². The summed E-state index contributed by atoms with van der Waals surface area (Å²) in [6.45, 7) is 2.77. The predicted molar refractivity (Wildman–Crippen MR) is 158 cm³/mol. The number of esters is 1. The average Bonchev–Trinajstić information content (AvgIpc) is 2.97. The molecule has 7 heteroatoms. The van der Waals surface area contributed by atoms with Crippen molar-refractivity contribution in [3.63, 3.8) is 0 Å². The van der Waals surface area contributed by atoms with Crippen LogP contribution in [0.2, 0.25) is 5.02 Å². The van der Waals surface area contributed by atoms with Crippen molar-refractivity contribution in [1.29, 1.82) is 5.26 Å². The molecule has 0 spiro atoms. The first-order chi connectivity index (χ1) is 19.5. The van der Waals surface area contributed by atoms with Crippen molar-refractivity contribution < 1.29 is 19.4 Å². The van der Waals surface area contributed by atoms with Gasteiger partial charge in [-0.1, -0.05) is 68.1 Å². The van der Waals surface area contributed by atoms with Gasteiger partial charge in [0.25, 0.3) is 0 Å². The van der Waals surface area contributed by atoms with E-state index in [0.29, 0.717) is 34.9 Å². The van der Waals surface area contributed by atoms with Crippen LogP contribution >= 0.6 is 11.6 Å². The molecule has 0 heterocycles. The van der Waals surface area contributed by atoms with Crippen LogP contribution in [0.3, 0.4) is 0 Å². The third-order valence-corrected chi connectivity index (χ3v) is 6.62. The molecule has 0 saturated heterocycles. The molecular weight excluding hydrogens is 524 g/mol. The van der Waals surface area contributed by atoms with Crippen molar-refractivity contribution >= 4 is 29.5 Å². The number of hydrogen-bond acceptors (Lipinski definition) is 6. The maximum atomic E-state index is 12.9. The summed E-state index contributed by atoms with van der Waals surface area (Å²) in [6.07, 6.45) is 5.92. The molecule has 0 unspecified atom stereocenters. The monoisotopic (exact) mass is 552 g/mol. The Kier molecular flexibility index (Phi) is 9.93. The highest BCUT2D eigenvalue weighted by molar-refractivity contribution is 6.36. The largest absolute Gasteiger partial charge is 0.507 e. The second kappa shape index (κ2) is 14.0. The van der Waals surface area contributed by atoms with Gasteiger partial charge in [-0.3, -0.25) is 4.99 Å². The number of halogens is 1. The van der Waals surface area contributed by atoms with Gasteiger partial charge in [0.2, 0.25) is 0 Å². The smallest absolute Gasteiger partial charge is 0.345 e. The molecule has 0 amide bonds. The minimum Gasteiger partial charge on any atom is -0.507 e. The summed E-state index contributed by atoms with van der Waals surface area (Å²) >= 11 is 6.50. The molecule has 4 rings (SSSR count). The molecule has 1 N–H and O–H groups in total. The van der Waals surface area contributed by atoms with Crippen molar-refractivity contribution in [2.75, 3.05) is 6.61 Å². The summed E-state index contributed by atoms with van der Waals surface area (Å²) in [5.41, 5.74) is 3.48. The minimum atomic E-state index is -0.614. The first-order valence-electron chi connectivity index (χ1n) is 13.1. The van der Waals surface area contributed by atoms with E-state index in [1.807, 2.05) is 24.3 Å². The van der Waals surface area contributed by atoms with Crippen LogP contribution in [0.4, 0.5) is 5.69 Å². The molecule has 0 saturated carbocycles. The van der Waals surface area contributed by atoms with Crippen molar-refractivity contribution in [3.8, 4) is 34.4 Å². The Balaban J connectivity index is 1.40. The Morgan fingerprint density at radius 1 is 0.950 bits per heavy atom. The zero-order chi connectivity index (χ0) is 28.3. The van der Waals surface area contributed by atoms with Gasteiger partial charge in [-0.2, -0.15) is 5.26 Å². The van der Waals surface area contributed by atoms with Crippen molar-refractivity contribution in [2.45, 2.75) is 32.6 Å². The lowest BCUT2D eigenvalue weighted by atomic mass is 10.0. The summed E-state index contributed by atoms with van der Waals surface area (Å²) < 4.78 is 11.3. The second-order valence-corrected chi connectivity index (χ2v) is 9.51. The number of rotatable bonds is 11. The number of phenols is 1. The topological polar surface area (TPSA) is 91.9 Å². The van der Waals surface area contributed by atoms with E-state index in [9.17, 15) is 9.90 Å². The van der Waals surface area contributed by atoms with Crippen LogP contribution in [0, 0.1) is 11.3 Å². The highest BCUT2D eigenvalue weighted by atomic mass is 35.5. The summed E-state index contributed by atoms with van der Waals surface area (Å²) in [4.78, 5) is 17.3. The highest BCUT2D eigenvalue weighted by Crippen LogP contribution is 2.31. The fourth-order valence-electron chi connectivity index (χ4n) is 3.97. The number of nitriles is 1. The standard InChI is InChI=1S/C33H29ClN2O4/c1-2-3-4-5-19-39-28-18-15-26(31(37)20-28)22-36-30-8-6-7-29(32(30)34)33(38)40-27-16-13-25(14-17-27)24-11-9-23(21-35)10-12-24/h6-18,20,22,37H,2-5,19H2,1H3. The van der Waals surface area contributed by atoms with Crippen LogP contribution in [0.25, 0.3) is 11.1 Å². The van der Waals surface area contributed by atoms with Gasteiger partial charge in [0.05, 0.1) is 34.5 Å². The number of hydrogen-bond donors (Lipinski definition) is 1. The Hall–Kier alpha value is -4.60. The van der Waals surface area contributed by atoms with Crippen molar-refractivity contribution in [1.82, 2.24) is 0 Å². The number of carbonyl (C=O) groups excluding carboxylic acids is 1. The minimum absolute atomic E-state index is 0.0333. The number of carbonyl (C=O) groups is 1. The lowest BCUT2D eigenvalue weighted by Crippen LogP contribution is -2.09. The lowest BCUT2D eigenvalue weighted by molar-refractivity contribution is 0.0735. The SMILES string of the molecule is CCCCCCOc1ccc(C=Nc2cccc(C(=O)Oc3ccc(-c4ccc(C#N)cc4)cc3)c2Cl)c(O)c1. The van der Waals surface area contributed by atoms with Crippen molar-refractivity contribution in [3.05, 3.63) is 107 Å². The van der Waals surface area contributed by atoms with Gasteiger partial charge in [-0.05, 0) is 66.1 Å². The van der Waals surface area contributed by atoms with Crippen LogP contribution < -0.4 is 9.47 Å². The third-order valence-electron chi connectivity index (χ3n) is 6.22. The normalized spacial score (nSPS) is 10.8. The van der Waals surface area contributed by atoms with Gasteiger partial charge in [0.15, 0.2) is 0 Å². The average molecular weight is 553 g/mol. The number of unbranched alkanes of at least 4 members (excludes halogenated alkanes) is 3. The molecule has 4 aromatic carbocycles. The summed E-state index contributed by atoms with van der Waals surface area (Å²) in [5.74, 6) is 0.381. The van der Waals surface area contributed by atoms with E-state index in [0.717, 1.165) is 24.0 Å². The highest BCUT2D eigenvalue weighted by Gasteiger charge is 2.16. The van der Waals surface area contributed by atoms with Gasteiger partial charge in [0.1, 0.15) is 17.2 Å². The zero-order valence-corrected chi connectivity index (χ0v) is 22.9. The fraction of sp³-hybridized carbons (Fsp3) is 0.182. The first kappa shape index (κ1) is 28.4. The molecule has 40 heavy (non-hydrogen) atoms. The Labute approximate surface area is 239 Å². The molecule has 0 aliphatic heterocycles. The number of aromatic hydroxyl groups is 1. The van der Waals surface area contributed by atoms with E-state index in [-0.39, 0.29) is 16.3 Å². The summed E-state index contributed by atoms with van der Waals surface area (Å²) in [7, 11) is 0. The number of nitrogens with zero attached hydrogens (tertiary/aromatic N) is 2. The summed E-state index contributed by atoms with van der Waals surface area (Å²) in [6, 6.07) is 26.4. The van der Waals surface area contributed by atoms with Crippen LogP contribution in [-0.4, -0.2) is 23.9 Å². The van der Waals surface area contributed by atoms with Crippen LogP contribution in [0.5, 0.6) is 17.2 Å². The van der Waals surface area contributed by atoms with E-state index in [2.05, 4.69) is 18.0 Å². The molecule has 0 aromatic heterocycles. The molecule has 0 fully saturated rings.